The van der Waals surface area contributed by atoms with E-state index >= 15 is 0 Å². The van der Waals surface area contributed by atoms with E-state index in [0.29, 0.717) is 18.4 Å². The zero-order valence-corrected chi connectivity index (χ0v) is 40.6. The fraction of sp³-hybridized carbons (Fsp3) is 0.688. The summed E-state index contributed by atoms with van der Waals surface area (Å²) in [5, 5.41) is 38.9. The van der Waals surface area contributed by atoms with E-state index in [9.17, 15) is 9.59 Å². The third kappa shape index (κ3) is 59.7. The second kappa shape index (κ2) is 49.1. The third-order valence-corrected chi connectivity index (χ3v) is 5.19. The Balaban J connectivity index is -0.000000102. The number of amidine groups is 1. The van der Waals surface area contributed by atoms with Crippen molar-refractivity contribution in [3.05, 3.63) is 29.1 Å². The first kappa shape index (κ1) is 68.6. The summed E-state index contributed by atoms with van der Waals surface area (Å²) in [7, 11) is 8.11. The predicted molar refractivity (Wildman–Crippen MR) is 222 cm³/mol. The predicted octanol–water partition coefficient (Wildman–Crippen LogP) is -0.127. The van der Waals surface area contributed by atoms with E-state index in [0.717, 1.165) is 63.0 Å². The molecule has 0 fully saturated rings. The van der Waals surface area contributed by atoms with Crippen molar-refractivity contribution in [2.75, 3.05) is 45.6 Å². The van der Waals surface area contributed by atoms with Crippen LogP contribution in [0, 0.1) is 26.2 Å². The number of nitrogens with one attached hydrogen (secondary N) is 3. The van der Waals surface area contributed by atoms with E-state index < -0.39 is 15.2 Å². The molecule has 0 aliphatic heterocycles. The van der Waals surface area contributed by atoms with Gasteiger partial charge in [-0.3, -0.25) is 30.0 Å². The van der Waals surface area contributed by atoms with Crippen LogP contribution in [0.2, 0.25) is 0 Å². The molecule has 3 aromatic heterocycles. The molecule has 0 amide bonds. The van der Waals surface area contributed by atoms with E-state index in [1.807, 2.05) is 6.92 Å². The zero-order chi connectivity index (χ0) is 45.2. The number of nitrogens with two attached hydrogens (primary N) is 3. The molecule has 25 heteroatoms. The Bertz CT molecular complexity index is 1370. The Morgan fingerprint density at radius 2 is 1.30 bits per heavy atom. The number of esters is 1. The minimum Gasteiger partial charge on any atom is -0.857 e. The second-order valence-electron chi connectivity index (χ2n) is 10.1. The van der Waals surface area contributed by atoms with E-state index in [1.54, 1.807) is 20.8 Å². The van der Waals surface area contributed by atoms with Crippen LogP contribution in [-0.4, -0.2) is 123 Å². The van der Waals surface area contributed by atoms with Crippen molar-refractivity contribution in [2.24, 2.45) is 11.5 Å². The number of aryl methyl sites for hydroxylation is 5. The number of carbonyl (C=O) groups is 3. The number of carboxylic acids is 1. The maximum absolute atomic E-state index is 11.0. The maximum Gasteiger partial charge on any atom is 1.00 e. The van der Waals surface area contributed by atoms with Crippen LogP contribution >= 0.6 is 21.4 Å². The topological polar surface area (TPSA) is 340 Å². The second-order valence-corrected chi connectivity index (χ2v) is 12.6. The number of aromatic amines is 2. The van der Waals surface area contributed by atoms with Gasteiger partial charge in [0.1, 0.15) is 29.1 Å². The van der Waals surface area contributed by atoms with Gasteiger partial charge in [-0.1, -0.05) is 34.6 Å². The number of nitrogens with zero attached hydrogens (tertiary/aromatic N) is 8. The van der Waals surface area contributed by atoms with Crippen molar-refractivity contribution >= 4 is 60.2 Å². The Hall–Kier alpha value is -3.09. The molecule has 0 spiro atoms. The molecule has 3 heterocycles. The molecule has 0 aromatic carbocycles. The van der Waals surface area contributed by atoms with Gasteiger partial charge >= 0.3 is 35.5 Å². The fourth-order valence-electron chi connectivity index (χ4n) is 3.06. The van der Waals surface area contributed by atoms with Crippen molar-refractivity contribution < 1.29 is 63.1 Å². The summed E-state index contributed by atoms with van der Waals surface area (Å²) >= 11 is 0. The molecule has 0 saturated carbocycles. The smallest absolute Gasteiger partial charge is 0.857 e. The van der Waals surface area contributed by atoms with Crippen molar-refractivity contribution in [1.29, 1.82) is 5.41 Å². The van der Waals surface area contributed by atoms with Crippen molar-refractivity contribution in [1.82, 2.24) is 50.0 Å². The number of hydrogen-bond donors (Lipinski definition) is 7. The monoisotopic (exact) mass is 884 g/mol. The third-order valence-electron chi connectivity index (χ3n) is 5.19. The molecule has 0 bridgehead atoms. The van der Waals surface area contributed by atoms with E-state index in [2.05, 4.69) is 106 Å². The minimum atomic E-state index is -1.67. The van der Waals surface area contributed by atoms with Crippen LogP contribution in [0.25, 0.3) is 0 Å². The number of carboxylic acid groups (broad SMARTS) is 1. The summed E-state index contributed by atoms with van der Waals surface area (Å²) in [6, 6.07) is 0. The molecule has 3 aromatic rings. The van der Waals surface area contributed by atoms with Crippen LogP contribution in [0.4, 0.5) is 5.95 Å². The van der Waals surface area contributed by atoms with Gasteiger partial charge in [0, 0.05) is 55.0 Å². The summed E-state index contributed by atoms with van der Waals surface area (Å²) in [6.45, 7) is 26.2. The van der Waals surface area contributed by atoms with Crippen LogP contribution in [0.3, 0.4) is 0 Å². The molecule has 328 valence electrons. The Labute approximate surface area is 371 Å². The molecule has 3 rings (SSSR count). The molecule has 0 saturated heterocycles. The number of aliphatic carboxylic acids is 1. The van der Waals surface area contributed by atoms with Gasteiger partial charge in [-0.05, 0) is 60.2 Å². The summed E-state index contributed by atoms with van der Waals surface area (Å²) < 4.78 is 14.9. The molecule has 0 radical (unpaired) electrons. The maximum atomic E-state index is 11.0. The number of rotatable bonds is 9. The molecule has 21 nitrogen and oxygen atoms in total. The number of H-pyrrole nitrogens is 2. The Morgan fingerprint density at radius 3 is 1.49 bits per heavy atom. The summed E-state index contributed by atoms with van der Waals surface area (Å²) in [5.74, 6) is 3.22. The summed E-state index contributed by atoms with van der Waals surface area (Å²) in [4.78, 5) is 44.2. The summed E-state index contributed by atoms with van der Waals surface area (Å²) in [5.41, 5.74) is 14.7. The van der Waals surface area contributed by atoms with Gasteiger partial charge < -0.3 is 37.1 Å². The minimum absolute atomic E-state index is 0. The number of halogens is 2. The normalized spacial score (nSPS) is 8.75. The van der Waals surface area contributed by atoms with E-state index in [1.165, 1.54) is 38.2 Å². The average molecular weight is 886 g/mol. The van der Waals surface area contributed by atoms with Gasteiger partial charge in [0.2, 0.25) is 21.1 Å². The Morgan fingerprint density at radius 1 is 0.895 bits per heavy atom. The van der Waals surface area contributed by atoms with Crippen molar-refractivity contribution in [2.45, 2.75) is 109 Å². The molecule has 57 heavy (non-hydrogen) atoms. The first-order valence-electron chi connectivity index (χ1n) is 17.3. The molecule has 0 aliphatic carbocycles. The molecular formula is C32H67Cl2N14NaO7S. The molecule has 0 unspecified atom stereocenters. The number of aromatic nitrogens is 9. The van der Waals surface area contributed by atoms with Crippen LogP contribution < -0.4 is 51.9 Å². The standard InChI is InChI=1S/C8H13N3O.C6H11N3.C6H15N.C4H8O2.C3H6N4.C2H7N3.C2H4O2.CH3O.Cl2OS.Na/c1-4-5-8-9-6(2)10-11(8)7(3)12;1-3-4-6-7-5(2)8-9-6;1-4-7(5-2)6-3;1-3-6-4(2)5;1-2-5-3(4)7-6-2;3-1-2(4)5;1-2(3)4;1-2;1-4(2)3;/h4-5H2,1-3H3;3-4H2,1-2H3,(H,7,8,9);4-6H2,1-3H3;3H2,1-2H3;1H3,(H3,4,5,6,7);1,3H2,(H3,4,5);1H3,(H,3,4);1H3;;/q;;;;;;;-1;;+1. The van der Waals surface area contributed by atoms with Gasteiger partial charge in [0.05, 0.1) is 13.2 Å². The first-order valence-corrected chi connectivity index (χ1v) is 20.1. The summed E-state index contributed by atoms with van der Waals surface area (Å²) in [6.07, 6.45) is 3.87. The van der Waals surface area contributed by atoms with Gasteiger partial charge in [-0.15, -0.1) is 10.2 Å². The van der Waals surface area contributed by atoms with Crippen LogP contribution in [-0.2, 0) is 36.4 Å². The van der Waals surface area contributed by atoms with Gasteiger partial charge in [0.15, 0.2) is 5.82 Å². The van der Waals surface area contributed by atoms with Gasteiger partial charge in [-0.25, -0.2) is 14.2 Å². The zero-order valence-electron chi connectivity index (χ0n) is 36.2. The van der Waals surface area contributed by atoms with Gasteiger partial charge in [0.25, 0.3) is 5.97 Å². The van der Waals surface area contributed by atoms with E-state index in [4.69, 9.17) is 41.8 Å². The largest absolute Gasteiger partial charge is 1.00 e. The number of anilines is 1. The average Bonchev–Trinajstić information content (AvgIpc) is 3.82. The van der Waals surface area contributed by atoms with Crippen LogP contribution in [0.15, 0.2) is 0 Å². The quantitative estimate of drug-likeness (QED) is 0.0484. The molecule has 10 N–H and O–H groups in total. The number of hydrogen-bond acceptors (Lipinski definition) is 16. The van der Waals surface area contributed by atoms with Crippen LogP contribution in [0.1, 0.15) is 109 Å². The number of nitrogen functional groups attached to an aromatic ring is 1. The first-order chi connectivity index (χ1) is 26.1. The number of carbonyl (C=O) groups excluding carboxylic acids is 2. The number of ether oxygens (including phenoxy) is 1. The molecule has 0 aliphatic rings. The SMILES string of the molecule is CC(=O)O.CCCc1n[nH]c(C)n1.CCCc1nc(C)nn1C(C)=O.CCN(CC)CC.CCOC(C)=O.C[O-].Cc1nc(N)n[nH]1.N=C(N)CN.O=S(Cl)Cl.[Na+]. The Kier molecular flexibility index (Phi) is 59.0. The van der Waals surface area contributed by atoms with Crippen LogP contribution in [0.5, 0.6) is 0 Å². The van der Waals surface area contributed by atoms with Gasteiger partial charge in [-0.2, -0.15) is 21.9 Å². The van der Waals surface area contributed by atoms with Crippen molar-refractivity contribution in [3.8, 4) is 0 Å². The molecular weight excluding hydrogens is 818 g/mol. The van der Waals surface area contributed by atoms with E-state index in [-0.39, 0.29) is 53.8 Å². The molecule has 0 atom stereocenters. The fourth-order valence-corrected chi connectivity index (χ4v) is 3.06. The van der Waals surface area contributed by atoms with Crippen molar-refractivity contribution in [3.63, 3.8) is 0 Å².